The number of nitrogens with one attached hydrogen (secondary N) is 2. The van der Waals surface area contributed by atoms with Crippen LogP contribution in [-0.4, -0.2) is 27.1 Å². The summed E-state index contributed by atoms with van der Waals surface area (Å²) in [6.45, 7) is 0.324. The molecule has 2 heterocycles. The number of aromatic nitrogens is 3. The number of nitrogens with zero attached hydrogens (tertiary/aromatic N) is 3. The van der Waals surface area contributed by atoms with Crippen LogP contribution in [0, 0.1) is 11.3 Å². The minimum Gasteiger partial charge on any atom is -0.360 e. The number of imidazole rings is 1. The molecule has 170 valence electrons. The lowest BCUT2D eigenvalue weighted by Crippen LogP contribution is -2.31. The first-order valence-electron chi connectivity index (χ1n) is 9.91. The minimum absolute atomic E-state index is 0.226. The summed E-state index contributed by atoms with van der Waals surface area (Å²) >= 11 is 1.29. The Morgan fingerprint density at radius 3 is 2.67 bits per heavy atom. The molecular formula is C22H19F3N6OS. The average molecular weight is 472 g/mol. The van der Waals surface area contributed by atoms with Crippen molar-refractivity contribution in [1.29, 1.82) is 5.26 Å². The third-order valence-corrected chi connectivity index (χ3v) is 6.26. The number of anilines is 1. The van der Waals surface area contributed by atoms with Gasteiger partial charge in [-0.1, -0.05) is 29.5 Å². The van der Waals surface area contributed by atoms with Gasteiger partial charge in [0.05, 0.1) is 21.5 Å². The molecule has 4 aromatic rings. The molecule has 0 spiro atoms. The number of aryl methyl sites for hydroxylation is 1. The highest BCUT2D eigenvalue weighted by molar-refractivity contribution is 7.19. The van der Waals surface area contributed by atoms with E-state index in [4.69, 9.17) is 5.73 Å². The van der Waals surface area contributed by atoms with E-state index in [1.54, 1.807) is 13.1 Å². The van der Waals surface area contributed by atoms with Crippen LogP contribution in [0.25, 0.3) is 21.5 Å². The smallest absolute Gasteiger partial charge is 0.360 e. The van der Waals surface area contributed by atoms with Gasteiger partial charge in [0.1, 0.15) is 6.07 Å². The predicted molar refractivity (Wildman–Crippen MR) is 121 cm³/mol. The Morgan fingerprint density at radius 1 is 1.27 bits per heavy atom. The van der Waals surface area contributed by atoms with Gasteiger partial charge in [0, 0.05) is 19.6 Å². The number of fused-ring (bicyclic) bond motifs is 1. The lowest BCUT2D eigenvalue weighted by molar-refractivity contribution is -0.137. The van der Waals surface area contributed by atoms with E-state index < -0.39 is 11.7 Å². The number of benzene rings is 2. The number of alkyl halides is 3. The zero-order chi connectivity index (χ0) is 23.8. The number of rotatable bonds is 6. The normalized spacial score (nSPS) is 12.6. The minimum atomic E-state index is -4.37. The number of hydrogen-bond acceptors (Lipinski definition) is 6. The Balaban J connectivity index is 1.46. The van der Waals surface area contributed by atoms with E-state index in [-0.39, 0.29) is 17.4 Å². The van der Waals surface area contributed by atoms with Crippen LogP contribution in [0.4, 0.5) is 18.3 Å². The molecule has 2 aromatic carbocycles. The van der Waals surface area contributed by atoms with Gasteiger partial charge in [0.25, 0.3) is 0 Å². The van der Waals surface area contributed by atoms with Gasteiger partial charge in [0.2, 0.25) is 0 Å². The van der Waals surface area contributed by atoms with Crippen molar-refractivity contribution >= 4 is 27.5 Å². The molecule has 2 aromatic heterocycles. The Bertz CT molecular complexity index is 1400. The van der Waals surface area contributed by atoms with Gasteiger partial charge in [-0.15, -0.1) is 0 Å². The van der Waals surface area contributed by atoms with E-state index in [1.807, 2.05) is 12.1 Å². The Labute approximate surface area is 190 Å². The fraction of sp³-hybridized carbons (Fsp3) is 0.227. The maximum absolute atomic E-state index is 12.7. The highest BCUT2D eigenvalue weighted by Crippen LogP contribution is 2.34. The maximum atomic E-state index is 12.7. The summed E-state index contributed by atoms with van der Waals surface area (Å²) in [5.41, 5.74) is 8.32. The van der Waals surface area contributed by atoms with Gasteiger partial charge in [-0.05, 0) is 41.8 Å². The Kier molecular flexibility index (Phi) is 5.97. The van der Waals surface area contributed by atoms with Crippen molar-refractivity contribution in [1.82, 2.24) is 14.5 Å². The van der Waals surface area contributed by atoms with Crippen LogP contribution in [0.2, 0.25) is 0 Å². The maximum Gasteiger partial charge on any atom is 0.416 e. The van der Waals surface area contributed by atoms with Crippen LogP contribution >= 0.6 is 11.3 Å². The lowest BCUT2D eigenvalue weighted by Gasteiger charge is -2.13. The Morgan fingerprint density at radius 2 is 2.00 bits per heavy atom. The molecule has 0 radical (unpaired) electrons. The average Bonchev–Trinajstić information content (AvgIpc) is 3.32. The van der Waals surface area contributed by atoms with Crippen LogP contribution in [0.15, 0.2) is 47.3 Å². The van der Waals surface area contributed by atoms with Gasteiger partial charge < -0.3 is 16.0 Å². The first-order valence-corrected chi connectivity index (χ1v) is 10.7. The van der Waals surface area contributed by atoms with Crippen molar-refractivity contribution in [3.8, 4) is 16.5 Å². The number of aromatic amines is 1. The molecular weight excluding hydrogens is 453 g/mol. The molecule has 0 aliphatic rings. The Hall–Kier alpha value is -3.62. The fourth-order valence-electron chi connectivity index (χ4n) is 3.45. The SMILES string of the molecule is Cn1c(=O)[nH]c2ccc(-c3sc(NCC(N)Cc4ccc(C(F)(F)F)cc4)nc3C#N)cc21. The first-order chi connectivity index (χ1) is 15.7. The van der Waals surface area contributed by atoms with Crippen LogP contribution in [0.3, 0.4) is 0 Å². The van der Waals surface area contributed by atoms with Crippen molar-refractivity contribution in [3.63, 3.8) is 0 Å². The van der Waals surface area contributed by atoms with Gasteiger partial charge in [0.15, 0.2) is 10.8 Å². The van der Waals surface area contributed by atoms with Crippen LogP contribution in [0.5, 0.6) is 0 Å². The summed E-state index contributed by atoms with van der Waals surface area (Å²) in [7, 11) is 1.66. The molecule has 0 amide bonds. The third kappa shape index (κ3) is 4.76. The molecule has 0 bridgehead atoms. The molecule has 11 heteroatoms. The third-order valence-electron chi connectivity index (χ3n) is 5.20. The second-order valence-corrected chi connectivity index (χ2v) is 8.57. The number of nitriles is 1. The van der Waals surface area contributed by atoms with Crippen molar-refractivity contribution in [2.75, 3.05) is 11.9 Å². The van der Waals surface area contributed by atoms with E-state index in [2.05, 4.69) is 21.4 Å². The highest BCUT2D eigenvalue weighted by atomic mass is 32.1. The van der Waals surface area contributed by atoms with E-state index in [9.17, 15) is 23.2 Å². The zero-order valence-corrected chi connectivity index (χ0v) is 18.2. The second-order valence-electron chi connectivity index (χ2n) is 7.57. The monoisotopic (exact) mass is 472 g/mol. The van der Waals surface area contributed by atoms with Crippen molar-refractivity contribution < 1.29 is 13.2 Å². The summed E-state index contributed by atoms with van der Waals surface area (Å²) in [5, 5.41) is 13.1. The quantitative estimate of drug-likeness (QED) is 0.395. The molecule has 1 unspecified atom stereocenters. The van der Waals surface area contributed by atoms with Gasteiger partial charge in [-0.25, -0.2) is 9.78 Å². The number of hydrogen-bond donors (Lipinski definition) is 3. The topological polar surface area (TPSA) is 113 Å². The fourth-order valence-corrected chi connectivity index (χ4v) is 4.37. The van der Waals surface area contributed by atoms with Crippen LogP contribution < -0.4 is 16.7 Å². The van der Waals surface area contributed by atoms with Crippen LogP contribution in [-0.2, 0) is 19.6 Å². The zero-order valence-electron chi connectivity index (χ0n) is 17.4. The molecule has 7 nitrogen and oxygen atoms in total. The number of H-pyrrole nitrogens is 1. The molecule has 0 aliphatic carbocycles. The molecule has 0 saturated carbocycles. The van der Waals surface area contributed by atoms with E-state index in [1.165, 1.54) is 28.0 Å². The van der Waals surface area contributed by atoms with Crippen molar-refractivity contribution in [3.05, 3.63) is 69.8 Å². The number of halogens is 3. The summed E-state index contributed by atoms with van der Waals surface area (Å²) in [6.07, 6.45) is -3.99. The molecule has 4 rings (SSSR count). The standard InChI is InChI=1S/C22H19F3N6OS/c1-31-18-9-13(4-7-16(18)30-21(31)32)19-17(10-26)29-20(33-19)28-11-15(27)8-12-2-5-14(6-3-12)22(23,24)25/h2-7,9,15H,8,11,27H2,1H3,(H,28,29)(H,30,32). The molecule has 1 atom stereocenters. The van der Waals surface area contributed by atoms with E-state index in [0.717, 1.165) is 17.7 Å². The molecule has 4 N–H and O–H groups in total. The summed E-state index contributed by atoms with van der Waals surface area (Å²) in [6, 6.07) is 12.0. The summed E-state index contributed by atoms with van der Waals surface area (Å²) < 4.78 is 39.6. The highest BCUT2D eigenvalue weighted by Gasteiger charge is 2.30. The summed E-state index contributed by atoms with van der Waals surface area (Å²) in [5.74, 6) is 0. The van der Waals surface area contributed by atoms with E-state index >= 15 is 0 Å². The summed E-state index contributed by atoms with van der Waals surface area (Å²) in [4.78, 5) is 19.6. The van der Waals surface area contributed by atoms with E-state index in [0.29, 0.717) is 39.6 Å². The largest absolute Gasteiger partial charge is 0.416 e. The van der Waals surface area contributed by atoms with Gasteiger partial charge >= 0.3 is 11.9 Å². The molecule has 0 aliphatic heterocycles. The number of nitrogens with two attached hydrogens (primary N) is 1. The first kappa shape index (κ1) is 22.6. The molecule has 0 saturated heterocycles. The second kappa shape index (κ2) is 8.73. The van der Waals surface area contributed by atoms with Crippen LogP contribution in [0.1, 0.15) is 16.8 Å². The number of thiazole rings is 1. The molecule has 33 heavy (non-hydrogen) atoms. The lowest BCUT2D eigenvalue weighted by atomic mass is 10.0. The van der Waals surface area contributed by atoms with Gasteiger partial charge in [-0.3, -0.25) is 4.57 Å². The van der Waals surface area contributed by atoms with Crippen molar-refractivity contribution in [2.24, 2.45) is 12.8 Å². The van der Waals surface area contributed by atoms with Gasteiger partial charge in [-0.2, -0.15) is 18.4 Å². The predicted octanol–water partition coefficient (Wildman–Crippen LogP) is 3.86. The van der Waals surface area contributed by atoms with Crippen molar-refractivity contribution in [2.45, 2.75) is 18.6 Å². The molecule has 0 fully saturated rings.